The van der Waals surface area contributed by atoms with Crippen LogP contribution in [0.4, 0.5) is 0 Å². The quantitative estimate of drug-likeness (QED) is 0.656. The van der Waals surface area contributed by atoms with E-state index in [2.05, 4.69) is 27.9 Å². The summed E-state index contributed by atoms with van der Waals surface area (Å²) in [5, 5.41) is 11.3. The molecule has 3 nitrogen and oxygen atoms in total. The number of carbonyl (C=O) groups is 1. The fraction of sp³-hybridized carbons (Fsp3) is 0.364. The number of carbonyl (C=O) groups excluding carboxylic acids is 1. The molecule has 0 aliphatic rings. The van der Waals surface area contributed by atoms with Crippen LogP contribution >= 0.6 is 22.6 Å². The maximum atomic E-state index is 11.6. The fourth-order valence-corrected chi connectivity index (χ4v) is 1.50. The Kier molecular flexibility index (Phi) is 5.04. The molecule has 0 saturated heterocycles. The van der Waals surface area contributed by atoms with Crippen molar-refractivity contribution in [3.8, 4) is 0 Å². The van der Waals surface area contributed by atoms with Crippen molar-refractivity contribution in [1.29, 1.82) is 0 Å². The van der Waals surface area contributed by atoms with Crippen LogP contribution in [-0.2, 0) is 0 Å². The Bertz CT molecular complexity index is 352. The Morgan fingerprint density at radius 1 is 1.53 bits per heavy atom. The van der Waals surface area contributed by atoms with E-state index in [4.69, 9.17) is 5.11 Å². The molecule has 1 amide bonds. The van der Waals surface area contributed by atoms with Crippen molar-refractivity contribution in [2.75, 3.05) is 13.2 Å². The van der Waals surface area contributed by atoms with Gasteiger partial charge >= 0.3 is 0 Å². The Balaban J connectivity index is 2.62. The highest BCUT2D eigenvalue weighted by Crippen LogP contribution is 2.13. The maximum Gasteiger partial charge on any atom is 0.251 e. The van der Waals surface area contributed by atoms with Crippen LogP contribution in [-0.4, -0.2) is 24.2 Å². The molecule has 0 aliphatic heterocycles. The third-order valence-corrected chi connectivity index (χ3v) is 3.25. The van der Waals surface area contributed by atoms with Crippen molar-refractivity contribution >= 4 is 28.5 Å². The minimum Gasteiger partial charge on any atom is -0.396 e. The molecule has 1 aromatic rings. The van der Waals surface area contributed by atoms with Gasteiger partial charge in [0, 0.05) is 22.3 Å². The first-order valence-corrected chi connectivity index (χ1v) is 5.88. The second kappa shape index (κ2) is 6.07. The van der Waals surface area contributed by atoms with Crippen molar-refractivity contribution in [1.82, 2.24) is 5.32 Å². The Labute approximate surface area is 103 Å². The van der Waals surface area contributed by atoms with E-state index in [9.17, 15) is 4.79 Å². The number of halogens is 1. The van der Waals surface area contributed by atoms with Crippen molar-refractivity contribution in [3.63, 3.8) is 0 Å². The lowest BCUT2D eigenvalue weighted by Crippen LogP contribution is -2.25. The normalized spacial score (nSPS) is 10.1. The topological polar surface area (TPSA) is 49.3 Å². The minimum atomic E-state index is -0.0806. The summed E-state index contributed by atoms with van der Waals surface area (Å²) in [5.41, 5.74) is 1.77. The Morgan fingerprint density at radius 3 is 2.87 bits per heavy atom. The highest BCUT2D eigenvalue weighted by atomic mass is 127. The molecule has 0 saturated carbocycles. The molecule has 1 aromatic carbocycles. The van der Waals surface area contributed by atoms with E-state index >= 15 is 0 Å². The molecule has 0 spiro atoms. The number of hydrogen-bond donors (Lipinski definition) is 2. The van der Waals surface area contributed by atoms with E-state index in [-0.39, 0.29) is 12.5 Å². The van der Waals surface area contributed by atoms with Crippen molar-refractivity contribution in [2.24, 2.45) is 0 Å². The highest BCUT2D eigenvalue weighted by molar-refractivity contribution is 14.1. The van der Waals surface area contributed by atoms with Gasteiger partial charge in [-0.1, -0.05) is 0 Å². The summed E-state index contributed by atoms with van der Waals surface area (Å²) in [6.07, 6.45) is 0.592. The average Bonchev–Trinajstić information content (AvgIpc) is 2.22. The summed E-state index contributed by atoms with van der Waals surface area (Å²) >= 11 is 2.23. The molecule has 2 N–H and O–H groups in total. The van der Waals surface area contributed by atoms with Gasteiger partial charge in [0.05, 0.1) is 0 Å². The number of aliphatic hydroxyl groups excluding tert-OH is 1. The molecular formula is C11H14INO2. The molecule has 4 heteroatoms. The molecule has 0 atom stereocenters. The molecule has 0 heterocycles. The van der Waals surface area contributed by atoms with Crippen LogP contribution in [0.2, 0.25) is 0 Å². The van der Waals surface area contributed by atoms with E-state index in [1.54, 1.807) is 0 Å². The van der Waals surface area contributed by atoms with Gasteiger partial charge < -0.3 is 10.4 Å². The third-order valence-electron chi connectivity index (χ3n) is 2.04. The summed E-state index contributed by atoms with van der Waals surface area (Å²) in [4.78, 5) is 11.6. The van der Waals surface area contributed by atoms with Gasteiger partial charge in [-0.3, -0.25) is 4.79 Å². The van der Waals surface area contributed by atoms with Crippen molar-refractivity contribution in [2.45, 2.75) is 13.3 Å². The molecule has 0 aromatic heterocycles. The fourth-order valence-electron chi connectivity index (χ4n) is 1.17. The SMILES string of the molecule is Cc1cc(C(=O)NCCCO)ccc1I. The van der Waals surface area contributed by atoms with Crippen molar-refractivity contribution in [3.05, 3.63) is 32.9 Å². The lowest BCUT2D eigenvalue weighted by atomic mass is 10.1. The summed E-state index contributed by atoms with van der Waals surface area (Å²) in [7, 11) is 0. The molecule has 82 valence electrons. The molecule has 0 bridgehead atoms. The predicted molar refractivity (Wildman–Crippen MR) is 67.9 cm³/mol. The van der Waals surface area contributed by atoms with Crippen LogP contribution in [0.3, 0.4) is 0 Å². The first kappa shape index (κ1) is 12.4. The summed E-state index contributed by atoms with van der Waals surface area (Å²) < 4.78 is 1.15. The van der Waals surface area contributed by atoms with Gasteiger partial charge in [-0.05, 0) is 59.7 Å². The Morgan fingerprint density at radius 2 is 2.27 bits per heavy atom. The van der Waals surface area contributed by atoms with Gasteiger partial charge in [-0.15, -0.1) is 0 Å². The zero-order chi connectivity index (χ0) is 11.3. The van der Waals surface area contributed by atoms with Gasteiger partial charge in [-0.25, -0.2) is 0 Å². The number of hydrogen-bond acceptors (Lipinski definition) is 2. The number of nitrogens with one attached hydrogen (secondary N) is 1. The van der Waals surface area contributed by atoms with Gasteiger partial charge in [0.2, 0.25) is 0 Å². The average molecular weight is 319 g/mol. The van der Waals surface area contributed by atoms with Gasteiger partial charge in [0.15, 0.2) is 0 Å². The van der Waals surface area contributed by atoms with E-state index in [1.165, 1.54) is 0 Å². The molecule has 0 fully saturated rings. The molecule has 1 rings (SSSR count). The van der Waals surface area contributed by atoms with E-state index in [1.807, 2.05) is 25.1 Å². The molecule has 15 heavy (non-hydrogen) atoms. The largest absolute Gasteiger partial charge is 0.396 e. The molecule has 0 aliphatic carbocycles. The zero-order valence-corrected chi connectivity index (χ0v) is 10.7. The molecular weight excluding hydrogens is 305 g/mol. The van der Waals surface area contributed by atoms with Crippen LogP contribution in [0.15, 0.2) is 18.2 Å². The van der Waals surface area contributed by atoms with Crippen LogP contribution in [0.5, 0.6) is 0 Å². The Hall–Kier alpha value is -0.620. The summed E-state index contributed by atoms with van der Waals surface area (Å²) in [6, 6.07) is 5.61. The second-order valence-corrected chi connectivity index (χ2v) is 4.46. The van der Waals surface area contributed by atoms with Crippen LogP contribution in [0.1, 0.15) is 22.3 Å². The number of benzene rings is 1. The standard InChI is InChI=1S/C11H14INO2/c1-8-7-9(3-4-10(8)12)11(15)13-5-2-6-14/h3-4,7,14H,2,5-6H2,1H3,(H,13,15). The summed E-state index contributed by atoms with van der Waals surface area (Å²) in [6.45, 7) is 2.60. The third kappa shape index (κ3) is 3.79. The van der Waals surface area contributed by atoms with Gasteiger partial charge in [0.1, 0.15) is 0 Å². The van der Waals surface area contributed by atoms with E-state index in [0.29, 0.717) is 18.5 Å². The smallest absolute Gasteiger partial charge is 0.251 e. The first-order chi connectivity index (χ1) is 7.15. The lowest BCUT2D eigenvalue weighted by Gasteiger charge is -2.05. The first-order valence-electron chi connectivity index (χ1n) is 4.80. The van der Waals surface area contributed by atoms with Crippen LogP contribution in [0.25, 0.3) is 0 Å². The number of amides is 1. The predicted octanol–water partition coefficient (Wildman–Crippen LogP) is 1.71. The van der Waals surface area contributed by atoms with Crippen molar-refractivity contribution < 1.29 is 9.90 Å². The van der Waals surface area contributed by atoms with Crippen LogP contribution in [0, 0.1) is 10.5 Å². The van der Waals surface area contributed by atoms with Gasteiger partial charge in [-0.2, -0.15) is 0 Å². The number of rotatable bonds is 4. The second-order valence-electron chi connectivity index (χ2n) is 3.30. The summed E-state index contributed by atoms with van der Waals surface area (Å²) in [5.74, 6) is -0.0806. The number of aryl methyl sites for hydroxylation is 1. The monoisotopic (exact) mass is 319 g/mol. The minimum absolute atomic E-state index is 0.0806. The molecule has 0 radical (unpaired) electrons. The van der Waals surface area contributed by atoms with E-state index < -0.39 is 0 Å². The van der Waals surface area contributed by atoms with E-state index in [0.717, 1.165) is 9.13 Å². The van der Waals surface area contributed by atoms with Gasteiger partial charge in [0.25, 0.3) is 5.91 Å². The lowest BCUT2D eigenvalue weighted by molar-refractivity contribution is 0.0951. The zero-order valence-electron chi connectivity index (χ0n) is 8.59. The maximum absolute atomic E-state index is 11.6. The molecule has 0 unspecified atom stereocenters. The van der Waals surface area contributed by atoms with Crippen LogP contribution < -0.4 is 5.32 Å². The number of aliphatic hydroxyl groups is 1. The highest BCUT2D eigenvalue weighted by Gasteiger charge is 2.05.